The second-order valence-electron chi connectivity index (χ2n) is 14.0. The summed E-state index contributed by atoms with van der Waals surface area (Å²) in [6, 6.07) is 67.1. The van der Waals surface area contributed by atoms with Crippen LogP contribution in [0.5, 0.6) is 0 Å². The number of nitrogens with zero attached hydrogens (tertiary/aromatic N) is 3. The van der Waals surface area contributed by atoms with Crippen LogP contribution in [0, 0.1) is 0 Å². The minimum atomic E-state index is 0.646. The van der Waals surface area contributed by atoms with Crippen molar-refractivity contribution in [1.29, 1.82) is 0 Å². The van der Waals surface area contributed by atoms with Crippen molar-refractivity contribution < 1.29 is 0 Å². The molecule has 0 saturated carbocycles. The van der Waals surface area contributed by atoms with Crippen LogP contribution in [0.15, 0.2) is 188 Å². The van der Waals surface area contributed by atoms with Crippen molar-refractivity contribution in [2.24, 2.45) is 0 Å². The number of aromatic nitrogens is 3. The predicted octanol–water partition coefficient (Wildman–Crippen LogP) is 13.3. The highest BCUT2D eigenvalue weighted by molar-refractivity contribution is 6.21. The Bertz CT molecular complexity index is 2970. The van der Waals surface area contributed by atoms with E-state index in [9.17, 15) is 0 Å². The van der Waals surface area contributed by atoms with Crippen LogP contribution in [-0.4, -0.2) is 15.0 Å². The van der Waals surface area contributed by atoms with Crippen LogP contribution in [0.4, 0.5) is 0 Å². The van der Waals surface area contributed by atoms with Gasteiger partial charge in [-0.3, -0.25) is 0 Å². The van der Waals surface area contributed by atoms with E-state index < -0.39 is 0 Å². The fourth-order valence-electron chi connectivity index (χ4n) is 8.21. The minimum absolute atomic E-state index is 0.646. The molecule has 10 aromatic rings. The highest BCUT2D eigenvalue weighted by Crippen LogP contribution is 2.51. The Balaban J connectivity index is 1.06. The van der Waals surface area contributed by atoms with Gasteiger partial charge in [-0.05, 0) is 101 Å². The Labute approximate surface area is 312 Å². The smallest absolute Gasteiger partial charge is 0.164 e. The molecule has 0 unspecified atom stereocenters. The molecular formula is C51H31N3. The average molecular weight is 686 g/mol. The highest BCUT2D eigenvalue weighted by atomic mass is 15.0. The third kappa shape index (κ3) is 4.94. The summed E-state index contributed by atoms with van der Waals surface area (Å²) in [4.78, 5) is 14.8. The third-order valence-electron chi connectivity index (χ3n) is 10.8. The van der Waals surface area contributed by atoms with Crippen LogP contribution in [0.3, 0.4) is 0 Å². The van der Waals surface area contributed by atoms with E-state index >= 15 is 0 Å². The van der Waals surface area contributed by atoms with Crippen LogP contribution in [0.25, 0.3) is 111 Å². The van der Waals surface area contributed by atoms with Crippen molar-refractivity contribution in [1.82, 2.24) is 15.0 Å². The zero-order valence-electron chi connectivity index (χ0n) is 29.2. The first-order valence-electron chi connectivity index (χ1n) is 18.4. The van der Waals surface area contributed by atoms with Gasteiger partial charge in [0.1, 0.15) is 0 Å². The van der Waals surface area contributed by atoms with Crippen molar-refractivity contribution >= 4 is 32.3 Å². The summed E-state index contributed by atoms with van der Waals surface area (Å²) >= 11 is 0. The van der Waals surface area contributed by atoms with E-state index in [1.54, 1.807) is 0 Å². The number of benzene rings is 9. The van der Waals surface area contributed by atoms with E-state index in [0.717, 1.165) is 22.3 Å². The molecular weight excluding hydrogens is 655 g/mol. The number of rotatable bonds is 5. The quantitative estimate of drug-likeness (QED) is 0.181. The van der Waals surface area contributed by atoms with Crippen molar-refractivity contribution in [2.75, 3.05) is 0 Å². The maximum absolute atomic E-state index is 4.98. The first kappa shape index (κ1) is 30.4. The summed E-state index contributed by atoms with van der Waals surface area (Å²) < 4.78 is 0. The first-order valence-corrected chi connectivity index (χ1v) is 18.4. The van der Waals surface area contributed by atoms with E-state index in [4.69, 9.17) is 15.0 Å². The van der Waals surface area contributed by atoms with E-state index in [0.29, 0.717) is 17.5 Å². The summed E-state index contributed by atoms with van der Waals surface area (Å²) in [6.45, 7) is 0. The summed E-state index contributed by atoms with van der Waals surface area (Å²) in [6.07, 6.45) is 0. The second kappa shape index (κ2) is 12.2. The van der Waals surface area contributed by atoms with E-state index in [2.05, 4.69) is 127 Å². The lowest BCUT2D eigenvalue weighted by molar-refractivity contribution is 1.07. The van der Waals surface area contributed by atoms with Crippen molar-refractivity contribution in [3.63, 3.8) is 0 Å². The molecule has 0 bridgehead atoms. The standard InChI is InChI=1S/C51H31N3/c1-3-12-33(13-4-1)49-52-50(34-14-5-2-6-15-34)54-51(53-49)35-24-22-32(23-25-35)44-28-36-16-7-8-17-37(36)29-45(44)40-26-27-43-47-31-39-19-10-9-18-38(39)30-46(47)42-21-11-20-41(40)48(42)43/h1-31H. The van der Waals surface area contributed by atoms with Crippen LogP contribution < -0.4 is 0 Å². The maximum atomic E-state index is 4.98. The largest absolute Gasteiger partial charge is 0.208 e. The molecule has 3 nitrogen and oxygen atoms in total. The van der Waals surface area contributed by atoms with Gasteiger partial charge >= 0.3 is 0 Å². The molecule has 3 heteroatoms. The first-order chi connectivity index (χ1) is 26.7. The van der Waals surface area contributed by atoms with Gasteiger partial charge in [0.2, 0.25) is 0 Å². The number of hydrogen-bond donors (Lipinski definition) is 0. The Morgan fingerprint density at radius 1 is 0.241 bits per heavy atom. The predicted molar refractivity (Wildman–Crippen MR) is 224 cm³/mol. The van der Waals surface area contributed by atoms with Crippen molar-refractivity contribution in [3.8, 4) is 78.7 Å². The van der Waals surface area contributed by atoms with E-state index in [1.165, 1.54) is 71.3 Å². The maximum Gasteiger partial charge on any atom is 0.164 e. The van der Waals surface area contributed by atoms with Crippen LogP contribution in [0.1, 0.15) is 0 Å². The van der Waals surface area contributed by atoms with Gasteiger partial charge in [-0.1, -0.05) is 164 Å². The molecule has 0 N–H and O–H groups in total. The summed E-state index contributed by atoms with van der Waals surface area (Å²) in [7, 11) is 0. The molecule has 54 heavy (non-hydrogen) atoms. The molecule has 0 spiro atoms. The summed E-state index contributed by atoms with van der Waals surface area (Å²) in [5.74, 6) is 1.96. The zero-order chi connectivity index (χ0) is 35.6. The monoisotopic (exact) mass is 685 g/mol. The molecule has 0 atom stereocenters. The van der Waals surface area contributed by atoms with Gasteiger partial charge in [0, 0.05) is 16.7 Å². The minimum Gasteiger partial charge on any atom is -0.208 e. The Hall–Kier alpha value is -7.23. The van der Waals surface area contributed by atoms with Crippen LogP contribution >= 0.6 is 0 Å². The molecule has 1 heterocycles. The van der Waals surface area contributed by atoms with Crippen molar-refractivity contribution in [3.05, 3.63) is 188 Å². The molecule has 0 aliphatic heterocycles. The topological polar surface area (TPSA) is 38.7 Å². The van der Waals surface area contributed by atoms with Gasteiger partial charge < -0.3 is 0 Å². The lowest BCUT2D eigenvalue weighted by atomic mass is 9.87. The highest BCUT2D eigenvalue weighted by Gasteiger charge is 2.24. The van der Waals surface area contributed by atoms with Crippen LogP contribution in [0.2, 0.25) is 0 Å². The third-order valence-corrected chi connectivity index (χ3v) is 10.8. The second-order valence-corrected chi connectivity index (χ2v) is 14.0. The lowest BCUT2D eigenvalue weighted by Crippen LogP contribution is -2.00. The number of hydrogen-bond acceptors (Lipinski definition) is 3. The molecule has 1 aliphatic rings. The summed E-state index contributed by atoms with van der Waals surface area (Å²) in [5, 5.41) is 7.57. The molecule has 0 radical (unpaired) electrons. The van der Waals surface area contributed by atoms with Crippen molar-refractivity contribution in [2.45, 2.75) is 0 Å². The Kier molecular flexibility index (Phi) is 6.86. The fourth-order valence-corrected chi connectivity index (χ4v) is 8.21. The molecule has 0 fully saturated rings. The molecule has 1 aromatic heterocycles. The van der Waals surface area contributed by atoms with Gasteiger partial charge in [-0.25, -0.2) is 15.0 Å². The van der Waals surface area contributed by atoms with Gasteiger partial charge in [-0.15, -0.1) is 0 Å². The van der Waals surface area contributed by atoms with Gasteiger partial charge in [0.05, 0.1) is 0 Å². The van der Waals surface area contributed by atoms with Gasteiger partial charge in [0.15, 0.2) is 17.5 Å². The summed E-state index contributed by atoms with van der Waals surface area (Å²) in [5.41, 5.74) is 12.8. The molecule has 0 amide bonds. The molecule has 0 saturated heterocycles. The Morgan fingerprint density at radius 3 is 1.15 bits per heavy atom. The molecule has 250 valence electrons. The van der Waals surface area contributed by atoms with Gasteiger partial charge in [0.25, 0.3) is 0 Å². The van der Waals surface area contributed by atoms with E-state index in [1.807, 2.05) is 60.7 Å². The van der Waals surface area contributed by atoms with Gasteiger partial charge in [-0.2, -0.15) is 0 Å². The van der Waals surface area contributed by atoms with Crippen LogP contribution in [-0.2, 0) is 0 Å². The Morgan fingerprint density at radius 2 is 0.630 bits per heavy atom. The molecule has 1 aliphatic carbocycles. The number of fused-ring (bicyclic) bond motifs is 5. The molecule has 9 aromatic carbocycles. The average Bonchev–Trinajstić information content (AvgIpc) is 3.56. The zero-order valence-corrected chi connectivity index (χ0v) is 29.2. The fraction of sp³-hybridized carbons (Fsp3) is 0. The lowest BCUT2D eigenvalue weighted by Gasteiger charge is -2.16. The SMILES string of the molecule is c1ccc(-c2nc(-c3ccccc3)nc(-c3ccc(-c4cc5ccccc5cc4-c4ccc5c6c(cccc46)-c4cc6ccccc6cc4-5)cc3)n2)cc1. The molecule has 11 rings (SSSR count). The normalized spacial score (nSPS) is 11.7. The van der Waals surface area contributed by atoms with E-state index in [-0.39, 0.29) is 0 Å².